The standard InChI is InChI=1S/C16H25NO3/c1-18-13-4-3-5-14(11-13)20-16-10-12(8-9-17)6-7-15(16)19-2/h6-7,10,13-14H,3-5,8-9,11,17H2,1-2H3. The highest BCUT2D eigenvalue weighted by Crippen LogP contribution is 2.32. The molecule has 4 nitrogen and oxygen atoms in total. The molecule has 1 saturated carbocycles. The van der Waals surface area contributed by atoms with Gasteiger partial charge in [-0.1, -0.05) is 6.07 Å². The first-order valence-electron chi connectivity index (χ1n) is 7.33. The summed E-state index contributed by atoms with van der Waals surface area (Å²) < 4.78 is 17.0. The molecule has 0 aromatic heterocycles. The van der Waals surface area contributed by atoms with Gasteiger partial charge < -0.3 is 19.9 Å². The van der Waals surface area contributed by atoms with E-state index in [-0.39, 0.29) is 6.10 Å². The minimum atomic E-state index is 0.204. The number of hydrogen-bond acceptors (Lipinski definition) is 4. The molecule has 2 N–H and O–H groups in total. The van der Waals surface area contributed by atoms with Crippen LogP contribution in [-0.2, 0) is 11.2 Å². The van der Waals surface area contributed by atoms with E-state index in [2.05, 4.69) is 0 Å². The van der Waals surface area contributed by atoms with Crippen molar-refractivity contribution in [2.24, 2.45) is 5.73 Å². The molecule has 112 valence electrons. The molecule has 0 saturated heterocycles. The summed E-state index contributed by atoms with van der Waals surface area (Å²) in [5, 5.41) is 0. The second-order valence-electron chi connectivity index (χ2n) is 5.29. The fourth-order valence-corrected chi connectivity index (χ4v) is 2.74. The van der Waals surface area contributed by atoms with E-state index in [1.165, 1.54) is 5.56 Å². The molecule has 1 aromatic rings. The Labute approximate surface area is 121 Å². The molecule has 0 radical (unpaired) electrons. The van der Waals surface area contributed by atoms with E-state index in [4.69, 9.17) is 19.9 Å². The molecule has 1 aliphatic rings. The number of ether oxygens (including phenoxy) is 3. The van der Waals surface area contributed by atoms with Crippen molar-refractivity contribution >= 4 is 0 Å². The van der Waals surface area contributed by atoms with Gasteiger partial charge in [0.25, 0.3) is 0 Å². The number of rotatable bonds is 6. The third kappa shape index (κ3) is 3.87. The first kappa shape index (κ1) is 15.1. The van der Waals surface area contributed by atoms with Crippen molar-refractivity contribution in [1.82, 2.24) is 0 Å². The van der Waals surface area contributed by atoms with Gasteiger partial charge in [0.05, 0.1) is 13.2 Å². The second kappa shape index (κ2) is 7.50. The highest BCUT2D eigenvalue weighted by Gasteiger charge is 2.24. The van der Waals surface area contributed by atoms with Crippen LogP contribution in [0.3, 0.4) is 0 Å². The monoisotopic (exact) mass is 279 g/mol. The van der Waals surface area contributed by atoms with Crippen LogP contribution in [0.1, 0.15) is 31.2 Å². The number of benzene rings is 1. The van der Waals surface area contributed by atoms with Gasteiger partial charge in [-0.25, -0.2) is 0 Å². The Bertz CT molecular complexity index is 422. The Morgan fingerprint density at radius 3 is 2.65 bits per heavy atom. The lowest BCUT2D eigenvalue weighted by Gasteiger charge is -2.29. The maximum atomic E-state index is 6.15. The lowest BCUT2D eigenvalue weighted by Crippen LogP contribution is -2.29. The van der Waals surface area contributed by atoms with Crippen molar-refractivity contribution in [2.45, 2.75) is 44.3 Å². The van der Waals surface area contributed by atoms with Crippen molar-refractivity contribution in [3.63, 3.8) is 0 Å². The summed E-state index contributed by atoms with van der Waals surface area (Å²) in [6, 6.07) is 6.04. The van der Waals surface area contributed by atoms with Gasteiger partial charge in [0.1, 0.15) is 6.10 Å². The van der Waals surface area contributed by atoms with Crippen LogP contribution in [0.4, 0.5) is 0 Å². The largest absolute Gasteiger partial charge is 0.493 e. The number of methoxy groups -OCH3 is 2. The highest BCUT2D eigenvalue weighted by atomic mass is 16.5. The first-order chi connectivity index (χ1) is 9.76. The molecule has 1 fully saturated rings. The molecule has 0 bridgehead atoms. The van der Waals surface area contributed by atoms with Gasteiger partial charge in [0.2, 0.25) is 0 Å². The fourth-order valence-electron chi connectivity index (χ4n) is 2.74. The van der Waals surface area contributed by atoms with E-state index in [1.54, 1.807) is 14.2 Å². The Morgan fingerprint density at radius 1 is 1.15 bits per heavy atom. The quantitative estimate of drug-likeness (QED) is 0.869. The van der Waals surface area contributed by atoms with Gasteiger partial charge in [0.15, 0.2) is 11.5 Å². The molecule has 0 heterocycles. The molecule has 4 heteroatoms. The topological polar surface area (TPSA) is 53.7 Å². The van der Waals surface area contributed by atoms with E-state index >= 15 is 0 Å². The summed E-state index contributed by atoms with van der Waals surface area (Å²) in [5.41, 5.74) is 6.80. The van der Waals surface area contributed by atoms with Crippen molar-refractivity contribution in [2.75, 3.05) is 20.8 Å². The molecular weight excluding hydrogens is 254 g/mol. The Morgan fingerprint density at radius 2 is 1.95 bits per heavy atom. The third-order valence-electron chi connectivity index (χ3n) is 3.87. The van der Waals surface area contributed by atoms with E-state index in [0.29, 0.717) is 12.6 Å². The zero-order chi connectivity index (χ0) is 14.4. The second-order valence-corrected chi connectivity index (χ2v) is 5.29. The maximum Gasteiger partial charge on any atom is 0.161 e. The van der Waals surface area contributed by atoms with Gasteiger partial charge >= 0.3 is 0 Å². The number of hydrogen-bond donors (Lipinski definition) is 1. The molecule has 2 atom stereocenters. The zero-order valence-corrected chi connectivity index (χ0v) is 12.4. The Kier molecular flexibility index (Phi) is 5.68. The maximum absolute atomic E-state index is 6.15. The SMILES string of the molecule is COc1ccc(CCN)cc1OC1CCCC(OC)C1. The number of nitrogens with two attached hydrogens (primary N) is 1. The molecule has 1 aliphatic carbocycles. The minimum absolute atomic E-state index is 0.204. The van der Waals surface area contributed by atoms with Crippen LogP contribution in [0, 0.1) is 0 Å². The Hall–Kier alpha value is -1.26. The summed E-state index contributed by atoms with van der Waals surface area (Å²) >= 11 is 0. The summed E-state index contributed by atoms with van der Waals surface area (Å²) in [5.74, 6) is 1.60. The van der Waals surface area contributed by atoms with Crippen LogP contribution >= 0.6 is 0 Å². The van der Waals surface area contributed by atoms with Gasteiger partial charge in [-0.2, -0.15) is 0 Å². The lowest BCUT2D eigenvalue weighted by molar-refractivity contribution is 0.0201. The predicted octanol–water partition coefficient (Wildman–Crippen LogP) is 2.53. The molecule has 0 aliphatic heterocycles. The van der Waals surface area contributed by atoms with Crippen molar-refractivity contribution in [1.29, 1.82) is 0 Å². The van der Waals surface area contributed by atoms with Crippen LogP contribution in [0.25, 0.3) is 0 Å². The molecule has 2 rings (SSSR count). The van der Waals surface area contributed by atoms with Crippen molar-refractivity contribution in [3.8, 4) is 11.5 Å². The first-order valence-corrected chi connectivity index (χ1v) is 7.33. The van der Waals surface area contributed by atoms with E-state index in [0.717, 1.165) is 43.6 Å². The predicted molar refractivity (Wildman–Crippen MR) is 79.4 cm³/mol. The fraction of sp³-hybridized carbons (Fsp3) is 0.625. The summed E-state index contributed by atoms with van der Waals surface area (Å²) in [6.45, 7) is 0.640. The third-order valence-corrected chi connectivity index (χ3v) is 3.87. The summed E-state index contributed by atoms with van der Waals surface area (Å²) in [6.07, 6.45) is 5.66. The average Bonchev–Trinajstić information content (AvgIpc) is 2.48. The smallest absolute Gasteiger partial charge is 0.161 e. The molecule has 0 spiro atoms. The molecule has 20 heavy (non-hydrogen) atoms. The summed E-state index contributed by atoms with van der Waals surface area (Å²) in [4.78, 5) is 0. The minimum Gasteiger partial charge on any atom is -0.493 e. The normalized spacial score (nSPS) is 22.6. The van der Waals surface area contributed by atoms with Crippen LogP contribution in [0.15, 0.2) is 18.2 Å². The van der Waals surface area contributed by atoms with Gasteiger partial charge in [-0.3, -0.25) is 0 Å². The molecule has 1 aromatic carbocycles. The van der Waals surface area contributed by atoms with Crippen LogP contribution in [-0.4, -0.2) is 33.0 Å². The molecule has 2 unspecified atom stereocenters. The van der Waals surface area contributed by atoms with Gasteiger partial charge in [-0.15, -0.1) is 0 Å². The highest BCUT2D eigenvalue weighted by molar-refractivity contribution is 5.43. The van der Waals surface area contributed by atoms with Crippen LogP contribution in [0.2, 0.25) is 0 Å². The van der Waals surface area contributed by atoms with Crippen molar-refractivity contribution < 1.29 is 14.2 Å². The van der Waals surface area contributed by atoms with E-state index in [1.807, 2.05) is 18.2 Å². The van der Waals surface area contributed by atoms with Gasteiger partial charge in [-0.05, 0) is 49.9 Å². The van der Waals surface area contributed by atoms with E-state index < -0.39 is 0 Å². The zero-order valence-electron chi connectivity index (χ0n) is 12.4. The summed E-state index contributed by atoms with van der Waals surface area (Å²) in [7, 11) is 3.44. The van der Waals surface area contributed by atoms with Crippen LogP contribution < -0.4 is 15.2 Å². The Balaban J connectivity index is 2.08. The molecule has 0 amide bonds. The van der Waals surface area contributed by atoms with Crippen LogP contribution in [0.5, 0.6) is 11.5 Å². The van der Waals surface area contributed by atoms with Crippen molar-refractivity contribution in [3.05, 3.63) is 23.8 Å². The lowest BCUT2D eigenvalue weighted by atomic mass is 9.95. The van der Waals surface area contributed by atoms with Gasteiger partial charge in [0, 0.05) is 13.5 Å². The molecular formula is C16H25NO3. The average molecular weight is 279 g/mol. The van der Waals surface area contributed by atoms with E-state index in [9.17, 15) is 0 Å².